The Hall–Kier alpha value is -2.01. The van der Waals surface area contributed by atoms with Gasteiger partial charge in [-0.2, -0.15) is 0 Å². The first-order chi connectivity index (χ1) is 10.2. The van der Waals surface area contributed by atoms with Gasteiger partial charge in [0.15, 0.2) is 11.5 Å². The second-order valence-corrected chi connectivity index (χ2v) is 4.55. The molecule has 1 aromatic carbocycles. The van der Waals surface area contributed by atoms with Crippen molar-refractivity contribution in [2.24, 2.45) is 0 Å². The van der Waals surface area contributed by atoms with Crippen molar-refractivity contribution < 1.29 is 24.5 Å². The maximum atomic E-state index is 10.4. The predicted octanol–water partition coefficient (Wildman–Crippen LogP) is 1.39. The van der Waals surface area contributed by atoms with Gasteiger partial charge in [0.25, 0.3) is 0 Å². The van der Waals surface area contributed by atoms with E-state index in [4.69, 9.17) is 14.6 Å². The molecule has 1 aromatic rings. The minimum atomic E-state index is -1.24. The molecule has 1 rings (SSSR count). The molecule has 0 saturated carbocycles. The molecule has 5 heteroatoms. The van der Waals surface area contributed by atoms with Gasteiger partial charge >= 0.3 is 0 Å². The van der Waals surface area contributed by atoms with E-state index in [9.17, 15) is 9.90 Å². The molecule has 0 fully saturated rings. The van der Waals surface area contributed by atoms with Crippen molar-refractivity contribution in [1.82, 2.24) is 0 Å². The number of carboxylic acids is 1. The van der Waals surface area contributed by atoms with Gasteiger partial charge < -0.3 is 24.5 Å². The van der Waals surface area contributed by atoms with Crippen LogP contribution in [-0.4, -0.2) is 31.4 Å². The van der Waals surface area contributed by atoms with Crippen LogP contribution in [0.25, 0.3) is 6.08 Å². The van der Waals surface area contributed by atoms with E-state index < -0.39 is 5.97 Å². The molecule has 0 spiro atoms. The van der Waals surface area contributed by atoms with Crippen molar-refractivity contribution in [2.45, 2.75) is 25.7 Å². The summed E-state index contributed by atoms with van der Waals surface area (Å²) in [6, 6.07) is 5.21. The number of benzene rings is 1. The lowest BCUT2D eigenvalue weighted by Crippen LogP contribution is -2.18. The highest BCUT2D eigenvalue weighted by Crippen LogP contribution is 2.28. The fraction of sp³-hybridized carbons (Fsp3) is 0.438. The highest BCUT2D eigenvalue weighted by molar-refractivity contribution is 5.83. The first kappa shape index (κ1) is 17.0. The van der Waals surface area contributed by atoms with Crippen molar-refractivity contribution in [3.63, 3.8) is 0 Å². The fourth-order valence-corrected chi connectivity index (χ4v) is 1.82. The summed E-state index contributed by atoms with van der Waals surface area (Å²) >= 11 is 0. The second kappa shape index (κ2) is 9.83. The smallest absolute Gasteiger partial charge is 0.161 e. The van der Waals surface area contributed by atoms with E-state index in [1.807, 2.05) is 0 Å². The lowest BCUT2D eigenvalue weighted by molar-refractivity contribution is -0.297. The standard InChI is InChI=1S/C16H22O5/c1-20-15-12-13(7-9-16(18)19)6-8-14(15)21-11-5-3-2-4-10-17/h6-9,12,17H,2-5,10-11H2,1H3,(H,18,19)/p-1/b9-7+. The molecule has 0 amide bonds. The van der Waals surface area contributed by atoms with Gasteiger partial charge in [0.1, 0.15) is 0 Å². The summed E-state index contributed by atoms with van der Waals surface area (Å²) in [5.74, 6) is -0.0479. The van der Waals surface area contributed by atoms with Crippen LogP contribution in [0, 0.1) is 0 Å². The Balaban J connectivity index is 2.52. The van der Waals surface area contributed by atoms with E-state index in [1.165, 1.54) is 13.2 Å². The first-order valence-electron chi connectivity index (χ1n) is 6.98. The van der Waals surface area contributed by atoms with Gasteiger partial charge in [-0.3, -0.25) is 0 Å². The Kier molecular flexibility index (Phi) is 7.97. The zero-order valence-corrected chi connectivity index (χ0v) is 12.2. The van der Waals surface area contributed by atoms with E-state index >= 15 is 0 Å². The van der Waals surface area contributed by atoms with E-state index in [0.717, 1.165) is 31.8 Å². The average Bonchev–Trinajstić information content (AvgIpc) is 2.49. The molecule has 0 radical (unpaired) electrons. The summed E-state index contributed by atoms with van der Waals surface area (Å²) in [6.45, 7) is 0.811. The summed E-state index contributed by atoms with van der Waals surface area (Å²) in [4.78, 5) is 10.4. The summed E-state index contributed by atoms with van der Waals surface area (Å²) in [6.07, 6.45) is 6.14. The van der Waals surface area contributed by atoms with Crippen molar-refractivity contribution in [2.75, 3.05) is 20.3 Å². The third kappa shape index (κ3) is 6.81. The number of carbonyl (C=O) groups excluding carboxylic acids is 1. The van der Waals surface area contributed by atoms with Crippen LogP contribution in [0.2, 0.25) is 0 Å². The Labute approximate surface area is 124 Å². The number of rotatable bonds is 10. The van der Waals surface area contributed by atoms with Crippen LogP contribution in [0.1, 0.15) is 31.2 Å². The highest BCUT2D eigenvalue weighted by atomic mass is 16.5. The Bertz CT molecular complexity index is 468. The van der Waals surface area contributed by atoms with Gasteiger partial charge in [-0.15, -0.1) is 0 Å². The summed E-state index contributed by atoms with van der Waals surface area (Å²) in [5.41, 5.74) is 0.700. The molecule has 0 aliphatic heterocycles. The van der Waals surface area contributed by atoms with E-state index in [1.54, 1.807) is 18.2 Å². The molecule has 0 aliphatic carbocycles. The number of aliphatic carboxylic acids is 1. The van der Waals surface area contributed by atoms with E-state index in [2.05, 4.69) is 0 Å². The molecule has 0 heterocycles. The Morgan fingerprint density at radius 2 is 2.00 bits per heavy atom. The van der Waals surface area contributed by atoms with Gasteiger partial charge in [-0.25, -0.2) is 0 Å². The number of ether oxygens (including phenoxy) is 2. The molecule has 0 saturated heterocycles. The van der Waals surface area contributed by atoms with Gasteiger partial charge in [0.05, 0.1) is 19.7 Å². The molecule has 0 unspecified atom stereocenters. The number of hydrogen-bond donors (Lipinski definition) is 1. The van der Waals surface area contributed by atoms with Crippen LogP contribution in [-0.2, 0) is 4.79 Å². The number of methoxy groups -OCH3 is 1. The van der Waals surface area contributed by atoms with Gasteiger partial charge in [0.2, 0.25) is 0 Å². The minimum Gasteiger partial charge on any atom is -0.545 e. The number of carbonyl (C=O) groups is 1. The van der Waals surface area contributed by atoms with Crippen LogP contribution < -0.4 is 14.6 Å². The van der Waals surface area contributed by atoms with Crippen molar-refractivity contribution in [3.8, 4) is 11.5 Å². The quantitative estimate of drug-likeness (QED) is 0.521. The molecule has 5 nitrogen and oxygen atoms in total. The lowest BCUT2D eigenvalue weighted by Gasteiger charge is -2.11. The zero-order valence-electron chi connectivity index (χ0n) is 12.2. The SMILES string of the molecule is COc1cc(/C=C/C(=O)[O-])ccc1OCCCCCCO. The lowest BCUT2D eigenvalue weighted by atomic mass is 10.2. The fourth-order valence-electron chi connectivity index (χ4n) is 1.82. The predicted molar refractivity (Wildman–Crippen MR) is 78.1 cm³/mol. The largest absolute Gasteiger partial charge is 0.545 e. The van der Waals surface area contributed by atoms with Crippen molar-refractivity contribution in [3.05, 3.63) is 29.8 Å². The molecule has 0 aromatic heterocycles. The summed E-state index contributed by atoms with van der Waals surface area (Å²) in [7, 11) is 1.54. The van der Waals surface area contributed by atoms with E-state index in [-0.39, 0.29) is 6.61 Å². The van der Waals surface area contributed by atoms with Crippen molar-refractivity contribution >= 4 is 12.0 Å². The number of aliphatic hydroxyl groups excluding tert-OH is 1. The first-order valence-corrected chi connectivity index (χ1v) is 6.98. The minimum absolute atomic E-state index is 0.232. The topological polar surface area (TPSA) is 78.8 Å². The second-order valence-electron chi connectivity index (χ2n) is 4.55. The number of carboxylic acid groups (broad SMARTS) is 1. The highest BCUT2D eigenvalue weighted by Gasteiger charge is 2.04. The molecule has 1 N–H and O–H groups in total. The van der Waals surface area contributed by atoms with Gasteiger partial charge in [-0.1, -0.05) is 18.6 Å². The van der Waals surface area contributed by atoms with Crippen LogP contribution in [0.5, 0.6) is 11.5 Å². The number of aliphatic hydroxyl groups is 1. The molecular weight excluding hydrogens is 272 g/mol. The average molecular weight is 293 g/mol. The van der Waals surface area contributed by atoms with Crippen LogP contribution in [0.15, 0.2) is 24.3 Å². The Morgan fingerprint density at radius 1 is 1.24 bits per heavy atom. The van der Waals surface area contributed by atoms with E-state index in [0.29, 0.717) is 23.7 Å². The van der Waals surface area contributed by atoms with Gasteiger partial charge in [0, 0.05) is 6.61 Å². The summed E-state index contributed by atoms with van der Waals surface area (Å²) < 4.78 is 10.9. The number of hydrogen-bond acceptors (Lipinski definition) is 5. The van der Waals surface area contributed by atoms with Crippen LogP contribution in [0.4, 0.5) is 0 Å². The third-order valence-corrected chi connectivity index (χ3v) is 2.91. The molecule has 116 valence electrons. The normalized spacial score (nSPS) is 10.8. The molecule has 0 atom stereocenters. The van der Waals surface area contributed by atoms with Crippen LogP contribution >= 0.6 is 0 Å². The maximum absolute atomic E-state index is 10.4. The molecule has 0 bridgehead atoms. The third-order valence-electron chi connectivity index (χ3n) is 2.91. The molecule has 21 heavy (non-hydrogen) atoms. The summed E-state index contributed by atoms with van der Waals surface area (Å²) in [5, 5.41) is 19.1. The Morgan fingerprint density at radius 3 is 2.67 bits per heavy atom. The molecular formula is C16H21O5-. The van der Waals surface area contributed by atoms with Crippen LogP contribution in [0.3, 0.4) is 0 Å². The molecule has 0 aliphatic rings. The number of unbranched alkanes of at least 4 members (excludes halogenated alkanes) is 3. The monoisotopic (exact) mass is 293 g/mol. The van der Waals surface area contributed by atoms with Gasteiger partial charge in [-0.05, 0) is 43.0 Å². The zero-order chi connectivity index (χ0) is 15.5. The maximum Gasteiger partial charge on any atom is 0.161 e. The van der Waals surface area contributed by atoms with Crippen molar-refractivity contribution in [1.29, 1.82) is 0 Å².